The third-order valence-corrected chi connectivity index (χ3v) is 2.71. The first-order valence-corrected chi connectivity index (χ1v) is 5.37. The van der Waals surface area contributed by atoms with Crippen LogP contribution in [0.5, 0.6) is 0 Å². The highest BCUT2D eigenvalue weighted by Crippen LogP contribution is 2.15. The lowest BCUT2D eigenvalue weighted by atomic mass is 10.2. The average Bonchev–Trinajstić information content (AvgIpc) is 2.63. The first-order chi connectivity index (χ1) is 6.84. The van der Waals surface area contributed by atoms with E-state index in [-0.39, 0.29) is 18.2 Å². The molecule has 0 spiro atoms. The summed E-state index contributed by atoms with van der Waals surface area (Å²) in [6, 6.07) is 0.202. The molecule has 2 rings (SSSR count). The molecule has 2 saturated heterocycles. The predicted octanol–water partition coefficient (Wildman–Crippen LogP) is 0.808. The van der Waals surface area contributed by atoms with Crippen molar-refractivity contribution in [2.45, 2.75) is 44.4 Å². The molecule has 2 fully saturated rings. The standard InChI is InChI=1S/C10H17NO3/c12-9-5-4-8(11-9)7-14-10-3-1-2-6-13-10/h8,10H,1-7H2,(H,11,12)/t8-,10?/m1/s1. The predicted molar refractivity (Wildman–Crippen MR) is 50.7 cm³/mol. The summed E-state index contributed by atoms with van der Waals surface area (Å²) in [6.45, 7) is 1.40. The highest BCUT2D eigenvalue weighted by molar-refractivity contribution is 5.78. The normalized spacial score (nSPS) is 33.0. The first kappa shape index (κ1) is 9.93. The number of nitrogens with one attached hydrogen (secondary N) is 1. The van der Waals surface area contributed by atoms with E-state index in [1.54, 1.807) is 0 Å². The number of ether oxygens (including phenoxy) is 2. The minimum atomic E-state index is -0.0405. The molecule has 1 unspecified atom stereocenters. The van der Waals surface area contributed by atoms with Gasteiger partial charge in [-0.25, -0.2) is 0 Å². The molecule has 2 aliphatic heterocycles. The third-order valence-electron chi connectivity index (χ3n) is 2.71. The van der Waals surface area contributed by atoms with E-state index in [9.17, 15) is 4.79 Å². The van der Waals surface area contributed by atoms with E-state index in [0.717, 1.165) is 25.9 Å². The van der Waals surface area contributed by atoms with Crippen molar-refractivity contribution in [1.29, 1.82) is 0 Å². The number of amides is 1. The minimum Gasteiger partial charge on any atom is -0.353 e. The number of rotatable bonds is 3. The maximum atomic E-state index is 10.9. The van der Waals surface area contributed by atoms with Gasteiger partial charge in [0.15, 0.2) is 6.29 Å². The Kier molecular flexibility index (Phi) is 3.37. The van der Waals surface area contributed by atoms with E-state index < -0.39 is 0 Å². The lowest BCUT2D eigenvalue weighted by molar-refractivity contribution is -0.165. The molecule has 14 heavy (non-hydrogen) atoms. The van der Waals surface area contributed by atoms with Crippen molar-refractivity contribution < 1.29 is 14.3 Å². The first-order valence-electron chi connectivity index (χ1n) is 5.37. The van der Waals surface area contributed by atoms with E-state index >= 15 is 0 Å². The van der Waals surface area contributed by atoms with E-state index in [2.05, 4.69) is 5.32 Å². The molecule has 0 aromatic rings. The number of hydrogen-bond donors (Lipinski definition) is 1. The second-order valence-electron chi connectivity index (χ2n) is 3.93. The average molecular weight is 199 g/mol. The fourth-order valence-electron chi connectivity index (χ4n) is 1.87. The summed E-state index contributed by atoms with van der Waals surface area (Å²) < 4.78 is 11.0. The van der Waals surface area contributed by atoms with Gasteiger partial charge in [0, 0.05) is 13.0 Å². The molecule has 2 atom stereocenters. The highest BCUT2D eigenvalue weighted by atomic mass is 16.7. The van der Waals surface area contributed by atoms with Gasteiger partial charge >= 0.3 is 0 Å². The van der Waals surface area contributed by atoms with Gasteiger partial charge in [0.2, 0.25) is 5.91 Å². The van der Waals surface area contributed by atoms with Crippen LogP contribution in [0, 0.1) is 0 Å². The second-order valence-corrected chi connectivity index (χ2v) is 3.93. The molecule has 0 aliphatic carbocycles. The Morgan fingerprint density at radius 2 is 2.36 bits per heavy atom. The lowest BCUT2D eigenvalue weighted by Crippen LogP contribution is -2.33. The van der Waals surface area contributed by atoms with Gasteiger partial charge in [-0.2, -0.15) is 0 Å². The van der Waals surface area contributed by atoms with Crippen molar-refractivity contribution in [3.8, 4) is 0 Å². The van der Waals surface area contributed by atoms with Crippen LogP contribution in [0.1, 0.15) is 32.1 Å². The number of carbonyl (C=O) groups excluding carboxylic acids is 1. The summed E-state index contributed by atoms with van der Waals surface area (Å²) in [4.78, 5) is 10.9. The molecule has 0 aromatic carbocycles. The largest absolute Gasteiger partial charge is 0.353 e. The van der Waals surface area contributed by atoms with Crippen molar-refractivity contribution in [3.05, 3.63) is 0 Å². The molecule has 2 heterocycles. The fraction of sp³-hybridized carbons (Fsp3) is 0.900. The van der Waals surface area contributed by atoms with Crippen LogP contribution in [0.25, 0.3) is 0 Å². The molecule has 80 valence electrons. The molecular weight excluding hydrogens is 182 g/mol. The van der Waals surface area contributed by atoms with Crippen molar-refractivity contribution in [2.24, 2.45) is 0 Å². The van der Waals surface area contributed by atoms with E-state index in [1.807, 2.05) is 0 Å². The Morgan fingerprint density at radius 1 is 1.43 bits per heavy atom. The van der Waals surface area contributed by atoms with Gasteiger partial charge in [-0.05, 0) is 25.7 Å². The monoisotopic (exact) mass is 199 g/mol. The van der Waals surface area contributed by atoms with Crippen molar-refractivity contribution in [2.75, 3.05) is 13.2 Å². The summed E-state index contributed by atoms with van der Waals surface area (Å²) >= 11 is 0. The fourth-order valence-corrected chi connectivity index (χ4v) is 1.87. The molecule has 1 N–H and O–H groups in total. The van der Waals surface area contributed by atoms with Crippen molar-refractivity contribution in [1.82, 2.24) is 5.32 Å². The van der Waals surface area contributed by atoms with Gasteiger partial charge in [0.05, 0.1) is 12.6 Å². The zero-order chi connectivity index (χ0) is 9.80. The van der Waals surface area contributed by atoms with Crippen LogP contribution >= 0.6 is 0 Å². The molecule has 0 aromatic heterocycles. The maximum absolute atomic E-state index is 10.9. The van der Waals surface area contributed by atoms with Crippen LogP contribution in [-0.2, 0) is 14.3 Å². The van der Waals surface area contributed by atoms with Gasteiger partial charge in [-0.3, -0.25) is 4.79 Å². The molecule has 1 amide bonds. The Bertz CT molecular complexity index is 202. The Balaban J connectivity index is 1.63. The molecule has 0 radical (unpaired) electrons. The summed E-state index contributed by atoms with van der Waals surface area (Å²) in [5, 5.41) is 2.87. The summed E-state index contributed by atoms with van der Waals surface area (Å²) in [5.41, 5.74) is 0. The summed E-state index contributed by atoms with van der Waals surface area (Å²) in [5.74, 6) is 0.142. The Morgan fingerprint density at radius 3 is 3.00 bits per heavy atom. The van der Waals surface area contributed by atoms with Gasteiger partial charge in [0.25, 0.3) is 0 Å². The zero-order valence-electron chi connectivity index (χ0n) is 8.33. The zero-order valence-corrected chi connectivity index (χ0v) is 8.33. The van der Waals surface area contributed by atoms with E-state index in [4.69, 9.17) is 9.47 Å². The lowest BCUT2D eigenvalue weighted by Gasteiger charge is -2.24. The molecule has 0 saturated carbocycles. The van der Waals surface area contributed by atoms with Crippen LogP contribution in [0.15, 0.2) is 0 Å². The van der Waals surface area contributed by atoms with Crippen molar-refractivity contribution >= 4 is 5.91 Å². The topological polar surface area (TPSA) is 47.6 Å². The van der Waals surface area contributed by atoms with Gasteiger partial charge in [-0.1, -0.05) is 0 Å². The van der Waals surface area contributed by atoms with Crippen LogP contribution < -0.4 is 5.32 Å². The molecule has 0 bridgehead atoms. The third kappa shape index (κ3) is 2.69. The van der Waals surface area contributed by atoms with Crippen LogP contribution in [0.3, 0.4) is 0 Å². The maximum Gasteiger partial charge on any atom is 0.220 e. The molecule has 4 nitrogen and oxygen atoms in total. The van der Waals surface area contributed by atoms with Crippen molar-refractivity contribution in [3.63, 3.8) is 0 Å². The van der Waals surface area contributed by atoms with E-state index in [0.29, 0.717) is 13.0 Å². The molecule has 2 aliphatic rings. The SMILES string of the molecule is O=C1CC[C@H](COC2CCCCO2)N1. The highest BCUT2D eigenvalue weighted by Gasteiger charge is 2.22. The second kappa shape index (κ2) is 4.75. The number of hydrogen-bond acceptors (Lipinski definition) is 3. The Labute approximate surface area is 84.0 Å². The van der Waals surface area contributed by atoms with Gasteiger partial charge < -0.3 is 14.8 Å². The molecule has 4 heteroatoms. The Hall–Kier alpha value is -0.610. The van der Waals surface area contributed by atoms with Crippen LogP contribution in [-0.4, -0.2) is 31.5 Å². The van der Waals surface area contributed by atoms with Crippen LogP contribution in [0.2, 0.25) is 0 Å². The minimum absolute atomic E-state index is 0.0405. The smallest absolute Gasteiger partial charge is 0.220 e. The molecular formula is C10H17NO3. The number of carbonyl (C=O) groups is 1. The summed E-state index contributed by atoms with van der Waals surface area (Å²) in [6.07, 6.45) is 4.80. The summed E-state index contributed by atoms with van der Waals surface area (Å²) in [7, 11) is 0. The van der Waals surface area contributed by atoms with Gasteiger partial charge in [0.1, 0.15) is 0 Å². The van der Waals surface area contributed by atoms with E-state index in [1.165, 1.54) is 6.42 Å². The quantitative estimate of drug-likeness (QED) is 0.731. The van der Waals surface area contributed by atoms with Gasteiger partial charge in [-0.15, -0.1) is 0 Å². The van der Waals surface area contributed by atoms with Crippen LogP contribution in [0.4, 0.5) is 0 Å².